The van der Waals surface area contributed by atoms with E-state index in [0.29, 0.717) is 24.4 Å². The zero-order valence-electron chi connectivity index (χ0n) is 13.6. The molecule has 2 N–H and O–H groups in total. The van der Waals surface area contributed by atoms with Gasteiger partial charge in [0.15, 0.2) is 5.96 Å². The SMILES string of the molecule is CN=C(NCCCOC1CCOCC1)NC1CC2CCC1O2. The summed E-state index contributed by atoms with van der Waals surface area (Å²) in [5.74, 6) is 0.882. The van der Waals surface area contributed by atoms with Crippen LogP contribution >= 0.6 is 0 Å². The molecular formula is C16H29N3O3. The largest absolute Gasteiger partial charge is 0.381 e. The lowest BCUT2D eigenvalue weighted by Gasteiger charge is -2.23. The highest BCUT2D eigenvalue weighted by molar-refractivity contribution is 5.80. The Labute approximate surface area is 133 Å². The van der Waals surface area contributed by atoms with Crippen molar-refractivity contribution >= 4 is 5.96 Å². The van der Waals surface area contributed by atoms with Gasteiger partial charge in [0.05, 0.1) is 24.4 Å². The number of hydrogen-bond donors (Lipinski definition) is 2. The molecule has 3 fully saturated rings. The van der Waals surface area contributed by atoms with Crippen LogP contribution in [0.3, 0.4) is 0 Å². The van der Waals surface area contributed by atoms with E-state index in [1.54, 1.807) is 0 Å². The van der Waals surface area contributed by atoms with Crippen LogP contribution in [0.15, 0.2) is 4.99 Å². The summed E-state index contributed by atoms with van der Waals surface area (Å²) in [7, 11) is 1.82. The summed E-state index contributed by atoms with van der Waals surface area (Å²) in [6.45, 7) is 3.35. The van der Waals surface area contributed by atoms with E-state index in [1.165, 1.54) is 12.8 Å². The van der Waals surface area contributed by atoms with Crippen molar-refractivity contribution in [2.24, 2.45) is 4.99 Å². The van der Waals surface area contributed by atoms with Gasteiger partial charge in [0.2, 0.25) is 0 Å². The summed E-state index contributed by atoms with van der Waals surface area (Å²) >= 11 is 0. The number of guanidine groups is 1. The first-order chi connectivity index (χ1) is 10.8. The minimum Gasteiger partial charge on any atom is -0.381 e. The Hall–Kier alpha value is -0.850. The summed E-state index contributed by atoms with van der Waals surface area (Å²) < 4.78 is 17.1. The predicted molar refractivity (Wildman–Crippen MR) is 85.2 cm³/mol. The molecule has 0 aromatic carbocycles. The maximum Gasteiger partial charge on any atom is 0.191 e. The molecule has 3 saturated heterocycles. The molecule has 0 radical (unpaired) electrons. The van der Waals surface area contributed by atoms with E-state index in [0.717, 1.165) is 58.0 Å². The Morgan fingerprint density at radius 3 is 2.77 bits per heavy atom. The third-order valence-corrected chi connectivity index (χ3v) is 4.79. The molecule has 0 aromatic rings. The summed E-state index contributed by atoms with van der Waals surface area (Å²) in [5.41, 5.74) is 0. The van der Waals surface area contributed by atoms with E-state index < -0.39 is 0 Å². The quantitative estimate of drug-likeness (QED) is 0.436. The third-order valence-electron chi connectivity index (χ3n) is 4.79. The second kappa shape index (κ2) is 8.13. The number of ether oxygens (including phenoxy) is 3. The maximum absolute atomic E-state index is 5.87. The Bertz CT molecular complexity index is 372. The molecule has 3 rings (SSSR count). The number of nitrogens with zero attached hydrogens (tertiary/aromatic N) is 1. The molecular weight excluding hydrogens is 282 g/mol. The summed E-state index contributed by atoms with van der Waals surface area (Å²) in [6, 6.07) is 0.420. The Morgan fingerprint density at radius 1 is 1.23 bits per heavy atom. The van der Waals surface area contributed by atoms with E-state index in [1.807, 2.05) is 7.05 Å². The van der Waals surface area contributed by atoms with E-state index >= 15 is 0 Å². The highest BCUT2D eigenvalue weighted by Crippen LogP contribution is 2.34. The molecule has 0 aliphatic carbocycles. The van der Waals surface area contributed by atoms with Crippen LogP contribution in [0.25, 0.3) is 0 Å². The van der Waals surface area contributed by atoms with Gasteiger partial charge in [0.1, 0.15) is 0 Å². The third kappa shape index (κ3) is 4.33. The Kier molecular flexibility index (Phi) is 5.92. The number of aliphatic imine (C=N–C) groups is 1. The molecule has 2 bridgehead atoms. The minimum absolute atomic E-state index is 0.375. The molecule has 22 heavy (non-hydrogen) atoms. The van der Waals surface area contributed by atoms with E-state index in [-0.39, 0.29) is 0 Å². The van der Waals surface area contributed by atoms with Crippen LogP contribution in [0.5, 0.6) is 0 Å². The van der Waals surface area contributed by atoms with Gasteiger partial charge in [-0.1, -0.05) is 0 Å². The fourth-order valence-corrected chi connectivity index (χ4v) is 3.53. The van der Waals surface area contributed by atoms with Gasteiger partial charge in [-0.05, 0) is 38.5 Å². The van der Waals surface area contributed by atoms with Crippen LogP contribution in [-0.4, -0.2) is 63.7 Å². The second-order valence-corrected chi connectivity index (χ2v) is 6.40. The fraction of sp³-hybridized carbons (Fsp3) is 0.938. The molecule has 0 amide bonds. The van der Waals surface area contributed by atoms with Crippen molar-refractivity contribution in [3.8, 4) is 0 Å². The van der Waals surface area contributed by atoms with Crippen LogP contribution in [0.1, 0.15) is 38.5 Å². The number of rotatable bonds is 6. The molecule has 6 heteroatoms. The van der Waals surface area contributed by atoms with Crippen molar-refractivity contribution in [1.29, 1.82) is 0 Å². The monoisotopic (exact) mass is 311 g/mol. The van der Waals surface area contributed by atoms with Crippen LogP contribution in [0.2, 0.25) is 0 Å². The van der Waals surface area contributed by atoms with Crippen molar-refractivity contribution in [2.45, 2.75) is 62.9 Å². The smallest absolute Gasteiger partial charge is 0.191 e. The van der Waals surface area contributed by atoms with Crippen molar-refractivity contribution in [3.05, 3.63) is 0 Å². The molecule has 3 aliphatic heterocycles. The van der Waals surface area contributed by atoms with Gasteiger partial charge in [-0.25, -0.2) is 0 Å². The Morgan fingerprint density at radius 2 is 2.09 bits per heavy atom. The van der Waals surface area contributed by atoms with Crippen molar-refractivity contribution in [2.75, 3.05) is 33.4 Å². The highest BCUT2D eigenvalue weighted by atomic mass is 16.5. The Balaban J connectivity index is 1.27. The summed E-state index contributed by atoms with van der Waals surface area (Å²) in [5, 5.41) is 6.87. The maximum atomic E-state index is 5.87. The molecule has 6 nitrogen and oxygen atoms in total. The minimum atomic E-state index is 0.375. The lowest BCUT2D eigenvalue weighted by molar-refractivity contribution is -0.0320. The van der Waals surface area contributed by atoms with Crippen LogP contribution in [-0.2, 0) is 14.2 Å². The summed E-state index contributed by atoms with van der Waals surface area (Å²) in [6.07, 6.45) is 7.79. The lowest BCUT2D eigenvalue weighted by atomic mass is 9.96. The van der Waals surface area contributed by atoms with Crippen LogP contribution in [0.4, 0.5) is 0 Å². The fourth-order valence-electron chi connectivity index (χ4n) is 3.53. The van der Waals surface area contributed by atoms with E-state index in [4.69, 9.17) is 14.2 Å². The summed E-state index contributed by atoms with van der Waals surface area (Å²) in [4.78, 5) is 4.30. The highest BCUT2D eigenvalue weighted by Gasteiger charge is 2.41. The van der Waals surface area contributed by atoms with Crippen LogP contribution in [0, 0.1) is 0 Å². The molecule has 3 heterocycles. The van der Waals surface area contributed by atoms with Crippen molar-refractivity contribution in [3.63, 3.8) is 0 Å². The van der Waals surface area contributed by atoms with Gasteiger partial charge < -0.3 is 24.8 Å². The average Bonchev–Trinajstić information content (AvgIpc) is 3.17. The standard InChI is InChI=1S/C16H29N3O3/c1-17-16(19-14-11-13-3-4-15(14)22-13)18-7-2-8-21-12-5-9-20-10-6-12/h12-15H,2-11H2,1H3,(H2,17,18,19). The first-order valence-corrected chi connectivity index (χ1v) is 8.67. The average molecular weight is 311 g/mol. The number of hydrogen-bond acceptors (Lipinski definition) is 4. The lowest BCUT2D eigenvalue weighted by Crippen LogP contribution is -2.47. The number of fused-ring (bicyclic) bond motifs is 2. The van der Waals surface area contributed by atoms with Gasteiger partial charge in [-0.3, -0.25) is 4.99 Å². The first-order valence-electron chi connectivity index (χ1n) is 8.67. The molecule has 126 valence electrons. The second-order valence-electron chi connectivity index (χ2n) is 6.40. The van der Waals surface area contributed by atoms with E-state index in [9.17, 15) is 0 Å². The van der Waals surface area contributed by atoms with Gasteiger partial charge in [0.25, 0.3) is 0 Å². The predicted octanol–water partition coefficient (Wildman–Crippen LogP) is 1.06. The number of nitrogens with one attached hydrogen (secondary N) is 2. The zero-order chi connectivity index (χ0) is 15.2. The van der Waals surface area contributed by atoms with E-state index in [2.05, 4.69) is 15.6 Å². The van der Waals surface area contributed by atoms with Gasteiger partial charge >= 0.3 is 0 Å². The molecule has 0 aromatic heterocycles. The molecule has 3 atom stereocenters. The van der Waals surface area contributed by atoms with Crippen LogP contribution < -0.4 is 10.6 Å². The molecule has 3 unspecified atom stereocenters. The molecule has 3 aliphatic rings. The normalized spacial score (nSPS) is 32.4. The van der Waals surface area contributed by atoms with Crippen molar-refractivity contribution in [1.82, 2.24) is 10.6 Å². The van der Waals surface area contributed by atoms with Crippen molar-refractivity contribution < 1.29 is 14.2 Å². The van der Waals surface area contributed by atoms with Gasteiger partial charge in [0, 0.05) is 33.4 Å². The first kappa shape index (κ1) is 16.0. The van der Waals surface area contributed by atoms with Gasteiger partial charge in [-0.2, -0.15) is 0 Å². The zero-order valence-corrected chi connectivity index (χ0v) is 13.6. The molecule has 0 spiro atoms. The van der Waals surface area contributed by atoms with Gasteiger partial charge in [-0.15, -0.1) is 0 Å². The topological polar surface area (TPSA) is 64.1 Å². The molecule has 0 saturated carbocycles.